The Hall–Kier alpha value is -2.21. The topological polar surface area (TPSA) is 75.1 Å². The Bertz CT molecular complexity index is 879. The highest BCUT2D eigenvalue weighted by molar-refractivity contribution is 14.0. The summed E-state index contributed by atoms with van der Waals surface area (Å²) in [5, 5.41) is 15.1. The lowest BCUT2D eigenvalue weighted by molar-refractivity contribution is -0.137. The number of aliphatic imine (C=N–C) groups is 1. The molecule has 2 aromatic carbocycles. The molecule has 0 heterocycles. The van der Waals surface area contributed by atoms with Crippen LogP contribution in [0.3, 0.4) is 0 Å². The summed E-state index contributed by atoms with van der Waals surface area (Å²) in [4.78, 5) is 4.52. The third-order valence-electron chi connectivity index (χ3n) is 4.41. The van der Waals surface area contributed by atoms with Crippen LogP contribution >= 0.6 is 24.0 Å². The number of hydrogen-bond acceptors (Lipinski definition) is 4. The standard InChI is InChI=1S/C22H28F3N3O3.HI/c1-4-26-21(28-15(2)17-6-5-7-18(13-17)22(23,24)25)27-14-16-8-9-19(31-11-10-29)20(12-16)30-3;/h5-9,12-13,15,29H,4,10-11,14H2,1-3H3,(H2,26,27,28);1H. The van der Waals surface area contributed by atoms with E-state index >= 15 is 0 Å². The molecule has 1 atom stereocenters. The van der Waals surface area contributed by atoms with Gasteiger partial charge in [-0.1, -0.05) is 18.2 Å². The molecule has 0 fully saturated rings. The van der Waals surface area contributed by atoms with Gasteiger partial charge in [-0.15, -0.1) is 24.0 Å². The number of benzene rings is 2. The maximum absolute atomic E-state index is 13.0. The van der Waals surface area contributed by atoms with E-state index in [1.54, 1.807) is 25.1 Å². The van der Waals surface area contributed by atoms with E-state index < -0.39 is 11.7 Å². The van der Waals surface area contributed by atoms with Crippen LogP contribution in [0.15, 0.2) is 47.5 Å². The maximum atomic E-state index is 13.0. The van der Waals surface area contributed by atoms with Gasteiger partial charge in [-0.05, 0) is 49.2 Å². The highest BCUT2D eigenvalue weighted by atomic mass is 127. The van der Waals surface area contributed by atoms with E-state index in [-0.39, 0.29) is 43.2 Å². The van der Waals surface area contributed by atoms with Crippen molar-refractivity contribution in [2.24, 2.45) is 4.99 Å². The van der Waals surface area contributed by atoms with Crippen molar-refractivity contribution in [2.45, 2.75) is 32.6 Å². The lowest BCUT2D eigenvalue weighted by Gasteiger charge is -2.19. The summed E-state index contributed by atoms with van der Waals surface area (Å²) in [7, 11) is 1.52. The van der Waals surface area contributed by atoms with Gasteiger partial charge in [0, 0.05) is 6.54 Å². The minimum absolute atomic E-state index is 0. The summed E-state index contributed by atoms with van der Waals surface area (Å²) in [6.07, 6.45) is -4.39. The zero-order valence-electron chi connectivity index (χ0n) is 18.2. The molecule has 0 saturated carbocycles. The maximum Gasteiger partial charge on any atom is 0.416 e. The van der Waals surface area contributed by atoms with Crippen LogP contribution in [0.25, 0.3) is 0 Å². The molecule has 0 bridgehead atoms. The quantitative estimate of drug-likeness (QED) is 0.236. The fourth-order valence-corrected chi connectivity index (χ4v) is 2.85. The molecule has 0 aliphatic heterocycles. The monoisotopic (exact) mass is 567 g/mol. The van der Waals surface area contributed by atoms with Crippen LogP contribution in [-0.4, -0.2) is 37.9 Å². The Labute approximate surface area is 203 Å². The SMILES string of the molecule is CCNC(=NCc1ccc(OCCO)c(OC)c1)NC(C)c1cccc(C(F)(F)F)c1.I. The highest BCUT2D eigenvalue weighted by Crippen LogP contribution is 2.31. The number of hydrogen-bond donors (Lipinski definition) is 3. The Morgan fingerprint density at radius 2 is 1.91 bits per heavy atom. The number of aliphatic hydroxyl groups is 1. The molecule has 1 unspecified atom stereocenters. The lowest BCUT2D eigenvalue weighted by Crippen LogP contribution is -2.38. The van der Waals surface area contributed by atoms with Gasteiger partial charge in [0.25, 0.3) is 0 Å². The van der Waals surface area contributed by atoms with Crippen molar-refractivity contribution in [2.75, 3.05) is 26.9 Å². The van der Waals surface area contributed by atoms with Crippen LogP contribution in [-0.2, 0) is 12.7 Å². The summed E-state index contributed by atoms with van der Waals surface area (Å²) < 4.78 is 49.7. The van der Waals surface area contributed by atoms with E-state index in [1.807, 2.05) is 13.0 Å². The second kappa shape index (κ2) is 13.4. The van der Waals surface area contributed by atoms with Crippen molar-refractivity contribution in [3.05, 3.63) is 59.2 Å². The molecule has 0 aliphatic rings. The Morgan fingerprint density at radius 1 is 1.16 bits per heavy atom. The molecule has 0 aromatic heterocycles. The summed E-state index contributed by atoms with van der Waals surface area (Å²) >= 11 is 0. The highest BCUT2D eigenvalue weighted by Gasteiger charge is 2.30. The van der Waals surface area contributed by atoms with E-state index in [2.05, 4.69) is 15.6 Å². The molecular weight excluding hydrogens is 538 g/mol. The summed E-state index contributed by atoms with van der Waals surface area (Å²) in [6.45, 7) is 4.66. The molecule has 0 spiro atoms. The van der Waals surface area contributed by atoms with E-state index in [0.29, 0.717) is 36.1 Å². The molecule has 178 valence electrons. The van der Waals surface area contributed by atoms with Crippen LogP contribution in [0.1, 0.15) is 36.6 Å². The van der Waals surface area contributed by atoms with Crippen LogP contribution in [0.5, 0.6) is 11.5 Å². The van der Waals surface area contributed by atoms with Gasteiger partial charge in [-0.2, -0.15) is 13.2 Å². The van der Waals surface area contributed by atoms with E-state index in [4.69, 9.17) is 14.6 Å². The number of halogens is 4. The molecule has 0 amide bonds. The van der Waals surface area contributed by atoms with Gasteiger partial charge in [0.2, 0.25) is 0 Å². The minimum Gasteiger partial charge on any atom is -0.493 e. The molecule has 0 aliphatic carbocycles. The molecule has 2 aromatic rings. The smallest absolute Gasteiger partial charge is 0.416 e. The second-order valence-electron chi connectivity index (χ2n) is 6.74. The summed E-state index contributed by atoms with van der Waals surface area (Å²) in [5.74, 6) is 1.52. The van der Waals surface area contributed by atoms with Crippen molar-refractivity contribution in [1.29, 1.82) is 0 Å². The zero-order chi connectivity index (χ0) is 22.9. The average molecular weight is 567 g/mol. The predicted octanol–water partition coefficient (Wildman–Crippen LogP) is 4.52. The number of aliphatic hydroxyl groups excluding tert-OH is 1. The Kier molecular flexibility index (Phi) is 11.6. The number of nitrogens with one attached hydrogen (secondary N) is 2. The molecule has 6 nitrogen and oxygen atoms in total. The van der Waals surface area contributed by atoms with Gasteiger partial charge in [0.05, 0.1) is 31.9 Å². The van der Waals surface area contributed by atoms with Gasteiger partial charge in [-0.3, -0.25) is 0 Å². The van der Waals surface area contributed by atoms with Crippen molar-refractivity contribution in [3.8, 4) is 11.5 Å². The van der Waals surface area contributed by atoms with E-state index in [0.717, 1.165) is 17.7 Å². The first-order valence-electron chi connectivity index (χ1n) is 9.91. The fourth-order valence-electron chi connectivity index (χ4n) is 2.85. The second-order valence-corrected chi connectivity index (χ2v) is 6.74. The number of nitrogens with zero attached hydrogens (tertiary/aromatic N) is 1. The van der Waals surface area contributed by atoms with Crippen LogP contribution in [0, 0.1) is 0 Å². The number of ether oxygens (including phenoxy) is 2. The molecule has 0 radical (unpaired) electrons. The van der Waals surface area contributed by atoms with Crippen molar-refractivity contribution in [1.82, 2.24) is 10.6 Å². The lowest BCUT2D eigenvalue weighted by atomic mass is 10.1. The van der Waals surface area contributed by atoms with Crippen LogP contribution in [0.4, 0.5) is 13.2 Å². The van der Waals surface area contributed by atoms with Gasteiger partial charge in [0.15, 0.2) is 17.5 Å². The zero-order valence-corrected chi connectivity index (χ0v) is 20.5. The first-order valence-corrected chi connectivity index (χ1v) is 9.91. The van der Waals surface area contributed by atoms with Gasteiger partial charge >= 0.3 is 6.18 Å². The third-order valence-corrected chi connectivity index (χ3v) is 4.41. The molecule has 10 heteroatoms. The summed E-state index contributed by atoms with van der Waals surface area (Å²) in [5.41, 5.74) is 0.681. The molecule has 32 heavy (non-hydrogen) atoms. The number of alkyl halides is 3. The molecule has 2 rings (SSSR count). The van der Waals surface area contributed by atoms with Gasteiger partial charge < -0.3 is 25.2 Å². The number of methoxy groups -OCH3 is 1. The number of rotatable bonds is 9. The molecule has 3 N–H and O–H groups in total. The Morgan fingerprint density at radius 3 is 2.53 bits per heavy atom. The molecule has 0 saturated heterocycles. The largest absolute Gasteiger partial charge is 0.493 e. The fraction of sp³-hybridized carbons (Fsp3) is 0.409. The normalized spacial score (nSPS) is 12.5. The van der Waals surface area contributed by atoms with Crippen LogP contribution in [0.2, 0.25) is 0 Å². The van der Waals surface area contributed by atoms with Crippen molar-refractivity contribution in [3.63, 3.8) is 0 Å². The van der Waals surface area contributed by atoms with Crippen molar-refractivity contribution < 1.29 is 27.8 Å². The third kappa shape index (κ3) is 8.38. The predicted molar refractivity (Wildman–Crippen MR) is 129 cm³/mol. The first kappa shape index (κ1) is 27.8. The molecular formula is C22H29F3IN3O3. The van der Waals surface area contributed by atoms with Gasteiger partial charge in [0.1, 0.15) is 6.61 Å². The minimum atomic E-state index is -4.39. The van der Waals surface area contributed by atoms with E-state index in [1.165, 1.54) is 13.2 Å². The average Bonchev–Trinajstić information content (AvgIpc) is 2.75. The van der Waals surface area contributed by atoms with E-state index in [9.17, 15) is 13.2 Å². The number of guanidine groups is 1. The van der Waals surface area contributed by atoms with Crippen LogP contribution < -0.4 is 20.1 Å². The summed E-state index contributed by atoms with van der Waals surface area (Å²) in [6, 6.07) is 10.2. The Balaban J connectivity index is 0.00000512. The van der Waals surface area contributed by atoms with Gasteiger partial charge in [-0.25, -0.2) is 4.99 Å². The first-order chi connectivity index (χ1) is 14.8. The van der Waals surface area contributed by atoms with Crippen molar-refractivity contribution >= 4 is 29.9 Å².